The van der Waals surface area contributed by atoms with Gasteiger partial charge in [-0.05, 0) is 30.9 Å². The molecule has 0 aliphatic heterocycles. The number of halogens is 1. The van der Waals surface area contributed by atoms with Crippen LogP contribution in [-0.2, 0) is 6.54 Å². The van der Waals surface area contributed by atoms with E-state index in [1.54, 1.807) is 12.1 Å². The van der Waals surface area contributed by atoms with Crippen LogP contribution in [0.25, 0.3) is 11.3 Å². The van der Waals surface area contributed by atoms with Crippen molar-refractivity contribution in [2.24, 2.45) is 0 Å². The van der Waals surface area contributed by atoms with Gasteiger partial charge in [0.05, 0.1) is 24.6 Å². The van der Waals surface area contributed by atoms with Gasteiger partial charge >= 0.3 is 5.69 Å². The van der Waals surface area contributed by atoms with Gasteiger partial charge in [-0.25, -0.2) is 19.2 Å². The number of nitrogens with two attached hydrogens (primary N) is 1. The molecule has 4 rings (SSSR count). The van der Waals surface area contributed by atoms with Gasteiger partial charge in [-0.3, -0.25) is 9.55 Å². The number of aliphatic hydroxyl groups excluding tert-OH is 1. The number of anilines is 1. The standard InChI is InChI=1S/C21H22FN5O3/c22-19-16(17-9-26-18(23)10-25-17)6-5-15(13-3-1-4-13)20(19)30-12-14(28)11-27-8-2-7-24-21(27)29/h2,5-10,13-14,28H,1,3-4,11-12H2,(H2,23,26). The van der Waals surface area contributed by atoms with E-state index in [2.05, 4.69) is 15.0 Å². The van der Waals surface area contributed by atoms with E-state index >= 15 is 4.39 Å². The topological polar surface area (TPSA) is 116 Å². The third-order valence-corrected chi connectivity index (χ3v) is 5.23. The molecule has 2 aromatic heterocycles. The number of benzene rings is 1. The monoisotopic (exact) mass is 411 g/mol. The van der Waals surface area contributed by atoms with Crippen molar-refractivity contribution < 1.29 is 14.2 Å². The number of nitrogen functional groups attached to an aromatic ring is 1. The van der Waals surface area contributed by atoms with Crippen molar-refractivity contribution >= 4 is 5.82 Å². The van der Waals surface area contributed by atoms with Crippen molar-refractivity contribution in [3.63, 3.8) is 0 Å². The van der Waals surface area contributed by atoms with Crippen LogP contribution >= 0.6 is 0 Å². The quantitative estimate of drug-likeness (QED) is 0.612. The summed E-state index contributed by atoms with van der Waals surface area (Å²) >= 11 is 0. The van der Waals surface area contributed by atoms with Crippen LogP contribution < -0.4 is 16.2 Å². The molecule has 2 heterocycles. The van der Waals surface area contributed by atoms with Crippen LogP contribution in [-0.4, -0.2) is 37.3 Å². The molecule has 3 aromatic rings. The summed E-state index contributed by atoms with van der Waals surface area (Å²) in [6, 6.07) is 5.11. The van der Waals surface area contributed by atoms with Crippen molar-refractivity contribution in [1.82, 2.24) is 19.5 Å². The molecule has 3 N–H and O–H groups in total. The van der Waals surface area contributed by atoms with E-state index in [9.17, 15) is 9.90 Å². The van der Waals surface area contributed by atoms with Crippen LogP contribution in [0.3, 0.4) is 0 Å². The average Bonchev–Trinajstić information content (AvgIpc) is 2.69. The second-order valence-electron chi connectivity index (χ2n) is 7.32. The molecule has 1 aromatic carbocycles. The third-order valence-electron chi connectivity index (χ3n) is 5.23. The van der Waals surface area contributed by atoms with Gasteiger partial charge in [0.25, 0.3) is 0 Å². The van der Waals surface area contributed by atoms with Gasteiger partial charge in [0.1, 0.15) is 18.5 Å². The number of aromatic nitrogens is 4. The molecule has 9 heteroatoms. The minimum Gasteiger partial charge on any atom is -0.487 e. The molecular formula is C21H22FN5O3. The van der Waals surface area contributed by atoms with Gasteiger partial charge in [-0.1, -0.05) is 12.5 Å². The number of hydrogen-bond acceptors (Lipinski definition) is 7. The Morgan fingerprint density at radius 2 is 2.10 bits per heavy atom. The Bertz CT molecular complexity index is 1080. The first-order chi connectivity index (χ1) is 14.5. The lowest BCUT2D eigenvalue weighted by molar-refractivity contribution is 0.0882. The number of aliphatic hydroxyl groups is 1. The molecule has 156 valence electrons. The van der Waals surface area contributed by atoms with E-state index < -0.39 is 17.6 Å². The minimum atomic E-state index is -1.01. The molecule has 0 amide bonds. The summed E-state index contributed by atoms with van der Waals surface area (Å²) in [6.45, 7) is -0.176. The van der Waals surface area contributed by atoms with Crippen molar-refractivity contribution in [3.05, 3.63) is 64.9 Å². The molecular weight excluding hydrogens is 389 g/mol. The number of hydrogen-bond donors (Lipinski definition) is 2. The maximum absolute atomic E-state index is 15.4. The lowest BCUT2D eigenvalue weighted by Gasteiger charge is -2.28. The van der Waals surface area contributed by atoms with E-state index in [-0.39, 0.29) is 36.2 Å². The summed E-state index contributed by atoms with van der Waals surface area (Å²) in [7, 11) is 0. The SMILES string of the molecule is Nc1cnc(-c2ccc(C3CCC3)c(OCC(O)Cn3cccnc3=O)c2F)cn1. The molecule has 1 atom stereocenters. The predicted octanol–water partition coefficient (Wildman–Crippen LogP) is 2.13. The summed E-state index contributed by atoms with van der Waals surface area (Å²) in [6.07, 6.45) is 7.68. The summed E-state index contributed by atoms with van der Waals surface area (Å²) in [5, 5.41) is 10.3. The van der Waals surface area contributed by atoms with Crippen LogP contribution in [0.4, 0.5) is 10.2 Å². The van der Waals surface area contributed by atoms with E-state index in [4.69, 9.17) is 10.5 Å². The zero-order valence-corrected chi connectivity index (χ0v) is 16.2. The lowest BCUT2D eigenvalue weighted by Crippen LogP contribution is -2.31. The second kappa shape index (κ2) is 8.58. The molecule has 0 radical (unpaired) electrons. The molecule has 1 saturated carbocycles. The molecule has 0 saturated heterocycles. The first kappa shape index (κ1) is 20.0. The largest absolute Gasteiger partial charge is 0.487 e. The number of ether oxygens (including phenoxy) is 1. The minimum absolute atomic E-state index is 0.00379. The van der Waals surface area contributed by atoms with E-state index in [1.807, 2.05) is 6.07 Å². The van der Waals surface area contributed by atoms with Crippen LogP contribution in [0, 0.1) is 5.82 Å². The Labute approximate surface area is 172 Å². The van der Waals surface area contributed by atoms with Crippen molar-refractivity contribution in [2.45, 2.75) is 37.8 Å². The fourth-order valence-corrected chi connectivity index (χ4v) is 3.42. The van der Waals surface area contributed by atoms with Gasteiger partial charge < -0.3 is 15.6 Å². The third kappa shape index (κ3) is 4.16. The van der Waals surface area contributed by atoms with Crippen LogP contribution in [0.2, 0.25) is 0 Å². The fraction of sp³-hybridized carbons (Fsp3) is 0.333. The highest BCUT2D eigenvalue weighted by Crippen LogP contribution is 2.43. The molecule has 30 heavy (non-hydrogen) atoms. The first-order valence-electron chi connectivity index (χ1n) is 9.75. The summed E-state index contributed by atoms with van der Waals surface area (Å²) in [4.78, 5) is 23.5. The maximum atomic E-state index is 15.4. The van der Waals surface area contributed by atoms with Crippen LogP contribution in [0.15, 0.2) is 47.8 Å². The highest BCUT2D eigenvalue weighted by atomic mass is 19.1. The molecule has 1 aliphatic carbocycles. The Morgan fingerprint density at radius 3 is 2.77 bits per heavy atom. The number of rotatable bonds is 7. The number of nitrogens with zero attached hydrogens (tertiary/aromatic N) is 4. The van der Waals surface area contributed by atoms with Crippen LogP contribution in [0.1, 0.15) is 30.7 Å². The molecule has 1 aliphatic rings. The highest BCUT2D eigenvalue weighted by Gasteiger charge is 2.27. The molecule has 8 nitrogen and oxygen atoms in total. The second-order valence-corrected chi connectivity index (χ2v) is 7.32. The average molecular weight is 411 g/mol. The molecule has 1 unspecified atom stereocenters. The van der Waals surface area contributed by atoms with Gasteiger partial charge in [-0.2, -0.15) is 0 Å². The highest BCUT2D eigenvalue weighted by molar-refractivity contribution is 5.64. The van der Waals surface area contributed by atoms with E-state index in [0.717, 1.165) is 24.8 Å². The van der Waals surface area contributed by atoms with Crippen molar-refractivity contribution in [3.8, 4) is 17.0 Å². The Hall–Kier alpha value is -3.33. The normalized spacial score (nSPS) is 14.9. The first-order valence-corrected chi connectivity index (χ1v) is 9.75. The summed E-state index contributed by atoms with van der Waals surface area (Å²) in [5.41, 5.74) is 6.46. The van der Waals surface area contributed by atoms with E-state index in [1.165, 1.54) is 29.4 Å². The predicted molar refractivity (Wildman–Crippen MR) is 108 cm³/mol. The zero-order valence-electron chi connectivity index (χ0n) is 16.2. The van der Waals surface area contributed by atoms with Gasteiger partial charge in [-0.15, -0.1) is 0 Å². The maximum Gasteiger partial charge on any atom is 0.347 e. The fourth-order valence-electron chi connectivity index (χ4n) is 3.42. The van der Waals surface area contributed by atoms with Crippen molar-refractivity contribution in [1.29, 1.82) is 0 Å². The molecule has 1 fully saturated rings. The van der Waals surface area contributed by atoms with Gasteiger partial charge in [0, 0.05) is 23.5 Å². The summed E-state index contributed by atoms with van der Waals surface area (Å²) in [5.74, 6) is 0.0206. The Balaban J connectivity index is 1.58. The molecule has 0 spiro atoms. The summed E-state index contributed by atoms with van der Waals surface area (Å²) < 4.78 is 22.4. The lowest BCUT2D eigenvalue weighted by atomic mass is 9.79. The van der Waals surface area contributed by atoms with Gasteiger partial charge in [0.2, 0.25) is 0 Å². The zero-order chi connectivity index (χ0) is 21.1. The molecule has 0 bridgehead atoms. The van der Waals surface area contributed by atoms with Gasteiger partial charge in [0.15, 0.2) is 11.6 Å². The smallest absolute Gasteiger partial charge is 0.347 e. The van der Waals surface area contributed by atoms with Crippen molar-refractivity contribution in [2.75, 3.05) is 12.3 Å². The van der Waals surface area contributed by atoms with Crippen LogP contribution in [0.5, 0.6) is 5.75 Å². The van der Waals surface area contributed by atoms with E-state index in [0.29, 0.717) is 5.69 Å². The Kier molecular flexibility index (Phi) is 5.71. The Morgan fingerprint density at radius 1 is 1.27 bits per heavy atom.